The van der Waals surface area contributed by atoms with Crippen molar-refractivity contribution in [3.8, 4) is 22.6 Å². The Morgan fingerprint density at radius 3 is 1.67 bits per heavy atom. The summed E-state index contributed by atoms with van der Waals surface area (Å²) in [7, 11) is -1.12. The minimum atomic E-state index is -1.12. The molecule has 0 aliphatic carbocycles. The molecular formula is C39H33N3OS2. The predicted octanol–water partition coefficient (Wildman–Crippen LogP) is 9.63. The molecule has 2 heterocycles. The number of nitrogens with two attached hydrogens (primary N) is 1. The first-order valence-electron chi connectivity index (χ1n) is 13.4. The van der Waals surface area contributed by atoms with Crippen LogP contribution in [0.3, 0.4) is 0 Å². The van der Waals surface area contributed by atoms with Crippen LogP contribution in [0.15, 0.2) is 167 Å². The molecule has 0 amide bonds. The molecule has 0 saturated heterocycles. The minimum Gasteiger partial charge on any atom is -0.396 e. The van der Waals surface area contributed by atoms with Gasteiger partial charge in [-0.15, -0.1) is 11.3 Å². The monoisotopic (exact) mass is 623 g/mol. The average Bonchev–Trinajstić information content (AvgIpc) is 3.43. The standard InChI is InChI=1S/C22H21N3OS2.C8H4.C5H4.C4H4/c1-2-3-14-28(26)22-18(23)17-19(15-10-6-4-7-11-15)24-20(25-21(17)27-22)16-12-8-5-9-13-16;1-3-5-7-8-6-4-2;1-3-5-4-2;1-3-4-2/h4-13H,2-3,14,23H2,1H3;1-2H2;1-2H2;1-2H2. The zero-order valence-electron chi connectivity index (χ0n) is 25.3. The molecule has 2 N–H and O–H groups in total. The number of benzene rings is 2. The fourth-order valence-electron chi connectivity index (χ4n) is 3.27. The molecule has 0 radical (unpaired) electrons. The Kier molecular flexibility index (Phi) is 18.9. The topological polar surface area (TPSA) is 68.9 Å². The smallest absolute Gasteiger partial charge is 0.161 e. The van der Waals surface area contributed by atoms with Gasteiger partial charge in [0.25, 0.3) is 0 Å². The Hall–Kier alpha value is -5.77. The van der Waals surface area contributed by atoms with Crippen LogP contribution in [-0.4, -0.2) is 19.9 Å². The predicted molar refractivity (Wildman–Crippen MR) is 191 cm³/mol. The van der Waals surface area contributed by atoms with Gasteiger partial charge >= 0.3 is 0 Å². The Bertz CT molecular complexity index is 1960. The number of fused-ring (bicyclic) bond motifs is 1. The van der Waals surface area contributed by atoms with Gasteiger partial charge in [-0.3, -0.25) is 4.21 Å². The molecule has 45 heavy (non-hydrogen) atoms. The van der Waals surface area contributed by atoms with Crippen LogP contribution >= 0.6 is 11.3 Å². The maximum atomic E-state index is 12.8. The van der Waals surface area contributed by atoms with Crippen molar-refractivity contribution in [3.05, 3.63) is 163 Å². The molecule has 0 spiro atoms. The number of aromatic nitrogens is 2. The lowest BCUT2D eigenvalue weighted by molar-refractivity contribution is 0.681. The quantitative estimate of drug-likeness (QED) is 0.217. The highest BCUT2D eigenvalue weighted by molar-refractivity contribution is 7.87. The van der Waals surface area contributed by atoms with E-state index < -0.39 is 10.8 Å². The summed E-state index contributed by atoms with van der Waals surface area (Å²) in [6.07, 6.45) is 1.91. The van der Waals surface area contributed by atoms with Gasteiger partial charge in [0.2, 0.25) is 0 Å². The molecule has 2 aromatic carbocycles. The van der Waals surface area contributed by atoms with Gasteiger partial charge in [-0.25, -0.2) is 9.97 Å². The second-order valence-corrected chi connectivity index (χ2v) is 11.0. The Morgan fingerprint density at radius 1 is 0.711 bits per heavy atom. The third-order valence-electron chi connectivity index (χ3n) is 5.19. The Labute approximate surface area is 272 Å². The molecule has 4 rings (SSSR count). The molecule has 0 aliphatic rings. The number of thiophene rings is 1. The molecule has 1 atom stereocenters. The first-order chi connectivity index (χ1) is 21.9. The number of nitrogens with zero attached hydrogens (tertiary/aromatic N) is 2. The van der Waals surface area contributed by atoms with Gasteiger partial charge < -0.3 is 5.73 Å². The Balaban J connectivity index is 0.000000492. The molecule has 1 unspecified atom stereocenters. The molecule has 0 bridgehead atoms. The van der Waals surface area contributed by atoms with Gasteiger partial charge in [0.1, 0.15) is 9.04 Å². The summed E-state index contributed by atoms with van der Waals surface area (Å²) in [5.41, 5.74) is 35.9. The van der Waals surface area contributed by atoms with Crippen LogP contribution in [0.5, 0.6) is 0 Å². The van der Waals surface area contributed by atoms with Crippen molar-refractivity contribution in [1.29, 1.82) is 0 Å². The normalized spacial score (nSPS) is 8.91. The number of rotatable bonds is 6. The highest BCUT2D eigenvalue weighted by Gasteiger charge is 2.21. The summed E-state index contributed by atoms with van der Waals surface area (Å²) >= 11 is 1.42. The van der Waals surface area contributed by atoms with Crippen LogP contribution in [0, 0.1) is 0 Å². The van der Waals surface area contributed by atoms with E-state index in [1.54, 1.807) is 0 Å². The highest BCUT2D eigenvalue weighted by Crippen LogP contribution is 2.41. The fraction of sp³-hybridized carbons (Fsp3) is 0.103. The number of hydrogen-bond acceptors (Lipinski definition) is 5. The zero-order valence-corrected chi connectivity index (χ0v) is 27.0. The summed E-state index contributed by atoms with van der Waals surface area (Å²) in [6.45, 7) is 21.4. The zero-order chi connectivity index (χ0) is 33.3. The van der Waals surface area contributed by atoms with Crippen molar-refractivity contribution >= 4 is 38.0 Å². The average molecular weight is 624 g/mol. The van der Waals surface area contributed by atoms with E-state index in [9.17, 15) is 4.21 Å². The van der Waals surface area contributed by atoms with Crippen LogP contribution in [0.4, 0.5) is 5.69 Å². The van der Waals surface area contributed by atoms with Crippen LogP contribution in [0.1, 0.15) is 19.8 Å². The van der Waals surface area contributed by atoms with E-state index in [1.165, 1.54) is 11.3 Å². The number of unbranched alkanes of at least 4 members (excludes halogenated alkanes) is 1. The van der Waals surface area contributed by atoms with E-state index in [0.717, 1.165) is 39.9 Å². The third kappa shape index (κ3) is 13.0. The fourth-order valence-corrected chi connectivity index (χ4v) is 6.04. The van der Waals surface area contributed by atoms with Crippen molar-refractivity contribution in [2.75, 3.05) is 11.5 Å². The summed E-state index contributed by atoms with van der Waals surface area (Å²) < 4.78 is 13.5. The number of hydrogen-bond donors (Lipinski definition) is 1. The van der Waals surface area contributed by atoms with Crippen LogP contribution in [-0.2, 0) is 10.8 Å². The van der Waals surface area contributed by atoms with Crippen molar-refractivity contribution in [1.82, 2.24) is 9.97 Å². The summed E-state index contributed by atoms with van der Waals surface area (Å²) in [4.78, 5) is 10.4. The maximum absolute atomic E-state index is 12.8. The lowest BCUT2D eigenvalue weighted by Crippen LogP contribution is -1.99. The van der Waals surface area contributed by atoms with Gasteiger partial charge in [0.05, 0.1) is 27.6 Å². The third-order valence-corrected chi connectivity index (χ3v) is 8.18. The van der Waals surface area contributed by atoms with Gasteiger partial charge in [0.15, 0.2) is 5.82 Å². The SMILES string of the molecule is C=C=C=C.C=C=C=C=C.C=C=C=C=C=C=C=C.CCCCS(=O)c1sc2nc(-c3ccccc3)nc(-c3ccccc3)c2c1N. The van der Waals surface area contributed by atoms with Gasteiger partial charge in [-0.2, -0.15) is 0 Å². The number of anilines is 1. The first-order valence-corrected chi connectivity index (χ1v) is 15.5. The maximum Gasteiger partial charge on any atom is 0.161 e. The molecule has 0 aliphatic heterocycles. The van der Waals surface area contributed by atoms with Gasteiger partial charge in [-0.05, 0) is 74.6 Å². The summed E-state index contributed by atoms with van der Waals surface area (Å²) in [5, 5.41) is 0.802. The van der Waals surface area contributed by atoms with Crippen molar-refractivity contribution < 1.29 is 4.21 Å². The van der Waals surface area contributed by atoms with E-state index in [4.69, 9.17) is 15.7 Å². The first kappa shape index (κ1) is 37.3. The van der Waals surface area contributed by atoms with E-state index in [0.29, 0.717) is 21.5 Å². The highest BCUT2D eigenvalue weighted by atomic mass is 32.2. The van der Waals surface area contributed by atoms with Crippen LogP contribution in [0.2, 0.25) is 0 Å². The number of nitrogen functional groups attached to an aromatic ring is 1. The molecule has 0 saturated carbocycles. The molecule has 4 nitrogen and oxygen atoms in total. The van der Waals surface area contributed by atoms with Crippen LogP contribution < -0.4 is 5.73 Å². The molecule has 0 fully saturated rings. The Morgan fingerprint density at radius 2 is 1.22 bits per heavy atom. The van der Waals surface area contributed by atoms with E-state index in [2.05, 4.69) is 109 Å². The van der Waals surface area contributed by atoms with Crippen molar-refractivity contribution in [2.45, 2.75) is 24.0 Å². The lowest BCUT2D eigenvalue weighted by atomic mass is 10.1. The van der Waals surface area contributed by atoms with E-state index >= 15 is 0 Å². The summed E-state index contributed by atoms with van der Waals surface area (Å²) in [5.74, 6) is 1.27. The molecule has 222 valence electrons. The lowest BCUT2D eigenvalue weighted by Gasteiger charge is -2.07. The summed E-state index contributed by atoms with van der Waals surface area (Å²) in [6, 6.07) is 19.9. The van der Waals surface area contributed by atoms with Crippen molar-refractivity contribution in [2.24, 2.45) is 0 Å². The molecule has 2 aromatic heterocycles. The van der Waals surface area contributed by atoms with Gasteiger partial charge in [-0.1, -0.05) is 108 Å². The van der Waals surface area contributed by atoms with Crippen LogP contribution in [0.25, 0.3) is 32.9 Å². The second-order valence-electron chi connectivity index (χ2n) is 8.20. The largest absolute Gasteiger partial charge is 0.396 e. The minimum absolute atomic E-state index is 0.549. The van der Waals surface area contributed by atoms with Crippen molar-refractivity contribution in [3.63, 3.8) is 0 Å². The van der Waals surface area contributed by atoms with Gasteiger partial charge in [0, 0.05) is 16.9 Å². The molecular weight excluding hydrogens is 591 g/mol. The molecule has 4 aromatic rings. The van der Waals surface area contributed by atoms with E-state index in [-0.39, 0.29) is 0 Å². The second kappa shape index (κ2) is 22.8. The molecule has 6 heteroatoms. The van der Waals surface area contributed by atoms with E-state index in [1.807, 2.05) is 60.7 Å².